The van der Waals surface area contributed by atoms with Gasteiger partial charge in [0.2, 0.25) is 0 Å². The zero-order chi connectivity index (χ0) is 12.7. The molecule has 0 radical (unpaired) electrons. The van der Waals surface area contributed by atoms with Crippen molar-refractivity contribution in [2.24, 2.45) is 0 Å². The summed E-state index contributed by atoms with van der Waals surface area (Å²) in [6.07, 6.45) is 0.951. The number of hydrogen-bond acceptors (Lipinski definition) is 4. The first kappa shape index (κ1) is 13.8. The first-order chi connectivity index (χ1) is 8.20. The molecule has 0 saturated heterocycles. The zero-order valence-corrected chi connectivity index (χ0v) is 11.0. The minimum atomic E-state index is -0.321. The molecule has 0 amide bonds. The number of benzene rings is 1. The molecule has 94 valence electrons. The average molecular weight is 254 g/mol. The van der Waals surface area contributed by atoms with Crippen molar-refractivity contribution in [2.75, 3.05) is 17.6 Å². The maximum Gasteiger partial charge on any atom is 0.292 e. The minimum absolute atomic E-state index is 0.174. The lowest BCUT2D eigenvalue weighted by Crippen LogP contribution is -2.06. The van der Waals surface area contributed by atoms with Crippen LogP contribution < -0.4 is 5.32 Å². The Labute approximate surface area is 106 Å². The highest BCUT2D eigenvalue weighted by molar-refractivity contribution is 7.98. The van der Waals surface area contributed by atoms with Gasteiger partial charge in [0, 0.05) is 18.4 Å². The third-order valence-corrected chi connectivity index (χ3v) is 3.26. The van der Waals surface area contributed by atoms with Crippen LogP contribution in [0.4, 0.5) is 11.4 Å². The molecule has 0 aliphatic rings. The first-order valence-corrected chi connectivity index (χ1v) is 6.94. The standard InChI is InChI=1S/C12H18N2O2S/c1-3-8-13-12-10(9-17-4-2)6-5-7-11(12)14(15)16/h5-7,13H,3-4,8-9H2,1-2H3. The summed E-state index contributed by atoms with van der Waals surface area (Å²) in [5.41, 5.74) is 1.87. The highest BCUT2D eigenvalue weighted by Gasteiger charge is 2.16. The smallest absolute Gasteiger partial charge is 0.292 e. The van der Waals surface area contributed by atoms with Crippen LogP contribution in [0, 0.1) is 10.1 Å². The van der Waals surface area contributed by atoms with E-state index >= 15 is 0 Å². The number of thioether (sulfide) groups is 1. The van der Waals surface area contributed by atoms with E-state index in [2.05, 4.69) is 12.2 Å². The van der Waals surface area contributed by atoms with Crippen LogP contribution in [0.25, 0.3) is 0 Å². The lowest BCUT2D eigenvalue weighted by molar-refractivity contribution is -0.384. The van der Waals surface area contributed by atoms with Crippen LogP contribution in [0.1, 0.15) is 25.8 Å². The summed E-state index contributed by atoms with van der Waals surface area (Å²) in [4.78, 5) is 10.6. The molecule has 4 nitrogen and oxygen atoms in total. The quantitative estimate of drug-likeness (QED) is 0.596. The Kier molecular flexibility index (Phi) is 5.83. The summed E-state index contributed by atoms with van der Waals surface area (Å²) in [5, 5.41) is 14.1. The van der Waals surface area contributed by atoms with Crippen LogP contribution in [0.2, 0.25) is 0 Å². The topological polar surface area (TPSA) is 55.2 Å². The van der Waals surface area contributed by atoms with Crippen molar-refractivity contribution >= 4 is 23.1 Å². The van der Waals surface area contributed by atoms with Gasteiger partial charge in [-0.1, -0.05) is 26.0 Å². The van der Waals surface area contributed by atoms with Crippen molar-refractivity contribution in [3.8, 4) is 0 Å². The second-order valence-corrected chi connectivity index (χ2v) is 4.91. The average Bonchev–Trinajstić information content (AvgIpc) is 2.33. The van der Waals surface area contributed by atoms with Gasteiger partial charge in [-0.05, 0) is 17.7 Å². The molecular formula is C12H18N2O2S. The minimum Gasteiger partial charge on any atom is -0.379 e. The van der Waals surface area contributed by atoms with Gasteiger partial charge in [0.15, 0.2) is 0 Å². The van der Waals surface area contributed by atoms with Gasteiger partial charge in [-0.2, -0.15) is 11.8 Å². The SMILES string of the molecule is CCCNc1c(CSCC)cccc1[N+](=O)[O-]. The number of anilines is 1. The van der Waals surface area contributed by atoms with Crippen LogP contribution in [0.5, 0.6) is 0 Å². The van der Waals surface area contributed by atoms with E-state index in [1.54, 1.807) is 23.9 Å². The third kappa shape index (κ3) is 3.93. The summed E-state index contributed by atoms with van der Waals surface area (Å²) in [6, 6.07) is 5.26. The molecular weight excluding hydrogens is 236 g/mol. The molecule has 1 rings (SSSR count). The Morgan fingerprint density at radius 1 is 1.41 bits per heavy atom. The van der Waals surface area contributed by atoms with Crippen LogP contribution in [0.15, 0.2) is 18.2 Å². The number of hydrogen-bond donors (Lipinski definition) is 1. The van der Waals surface area contributed by atoms with Gasteiger partial charge in [0.1, 0.15) is 5.69 Å². The van der Waals surface area contributed by atoms with E-state index < -0.39 is 0 Å². The molecule has 0 aliphatic heterocycles. The van der Waals surface area contributed by atoms with E-state index in [1.165, 1.54) is 0 Å². The van der Waals surface area contributed by atoms with Gasteiger partial charge in [-0.15, -0.1) is 0 Å². The van der Waals surface area contributed by atoms with Gasteiger partial charge >= 0.3 is 0 Å². The van der Waals surface area contributed by atoms with E-state index in [1.807, 2.05) is 13.0 Å². The van der Waals surface area contributed by atoms with Gasteiger partial charge in [0.25, 0.3) is 5.69 Å². The highest BCUT2D eigenvalue weighted by atomic mass is 32.2. The Balaban J connectivity index is 3.00. The van der Waals surface area contributed by atoms with E-state index in [0.717, 1.165) is 30.0 Å². The van der Waals surface area contributed by atoms with Crippen LogP contribution in [-0.4, -0.2) is 17.2 Å². The maximum absolute atomic E-state index is 11.0. The Morgan fingerprint density at radius 3 is 2.76 bits per heavy atom. The highest BCUT2D eigenvalue weighted by Crippen LogP contribution is 2.30. The summed E-state index contributed by atoms with van der Waals surface area (Å²) < 4.78 is 0. The number of nitrogens with zero attached hydrogens (tertiary/aromatic N) is 1. The van der Waals surface area contributed by atoms with Crippen molar-refractivity contribution < 1.29 is 4.92 Å². The van der Waals surface area contributed by atoms with Gasteiger partial charge < -0.3 is 5.32 Å². The normalized spacial score (nSPS) is 10.2. The van der Waals surface area contributed by atoms with Crippen molar-refractivity contribution in [2.45, 2.75) is 26.0 Å². The molecule has 0 saturated carbocycles. The van der Waals surface area contributed by atoms with Gasteiger partial charge in [-0.3, -0.25) is 10.1 Å². The van der Waals surface area contributed by atoms with Crippen molar-refractivity contribution in [1.82, 2.24) is 0 Å². The molecule has 1 N–H and O–H groups in total. The molecule has 0 fully saturated rings. The summed E-state index contributed by atoms with van der Waals surface area (Å²) in [6.45, 7) is 4.89. The molecule has 0 aromatic heterocycles. The molecule has 1 aromatic carbocycles. The van der Waals surface area contributed by atoms with Gasteiger partial charge in [0.05, 0.1) is 4.92 Å². The predicted molar refractivity (Wildman–Crippen MR) is 73.7 cm³/mol. The van der Waals surface area contributed by atoms with Gasteiger partial charge in [-0.25, -0.2) is 0 Å². The lowest BCUT2D eigenvalue weighted by atomic mass is 10.1. The fourth-order valence-electron chi connectivity index (χ4n) is 1.53. The molecule has 0 unspecified atom stereocenters. The van der Waals surface area contributed by atoms with E-state index in [-0.39, 0.29) is 10.6 Å². The number of nitrogens with one attached hydrogen (secondary N) is 1. The molecule has 0 bridgehead atoms. The molecule has 0 aliphatic carbocycles. The van der Waals surface area contributed by atoms with Crippen molar-refractivity contribution in [3.05, 3.63) is 33.9 Å². The third-order valence-electron chi connectivity index (χ3n) is 2.34. The Morgan fingerprint density at radius 2 is 2.18 bits per heavy atom. The summed E-state index contributed by atoms with van der Waals surface area (Å²) >= 11 is 1.77. The zero-order valence-electron chi connectivity index (χ0n) is 10.2. The number of para-hydroxylation sites is 1. The van der Waals surface area contributed by atoms with Crippen molar-refractivity contribution in [3.63, 3.8) is 0 Å². The number of nitro benzene ring substituents is 1. The summed E-state index contributed by atoms with van der Waals surface area (Å²) in [7, 11) is 0. The predicted octanol–water partition coefficient (Wildman–Crippen LogP) is 3.67. The molecule has 0 atom stereocenters. The summed E-state index contributed by atoms with van der Waals surface area (Å²) in [5.74, 6) is 1.82. The number of nitro groups is 1. The first-order valence-electron chi connectivity index (χ1n) is 5.78. The maximum atomic E-state index is 11.0. The Hall–Kier alpha value is -1.23. The molecule has 17 heavy (non-hydrogen) atoms. The van der Waals surface area contributed by atoms with E-state index in [9.17, 15) is 10.1 Å². The second-order valence-electron chi connectivity index (χ2n) is 3.63. The molecule has 5 heteroatoms. The Bertz CT molecular complexity index is 383. The van der Waals surface area contributed by atoms with Crippen molar-refractivity contribution in [1.29, 1.82) is 0 Å². The fraction of sp³-hybridized carbons (Fsp3) is 0.500. The van der Waals surface area contributed by atoms with Crippen LogP contribution in [0.3, 0.4) is 0 Å². The number of rotatable bonds is 7. The molecule has 0 spiro atoms. The van der Waals surface area contributed by atoms with Crippen LogP contribution >= 0.6 is 11.8 Å². The van der Waals surface area contributed by atoms with E-state index in [4.69, 9.17) is 0 Å². The lowest BCUT2D eigenvalue weighted by Gasteiger charge is -2.11. The molecule has 0 heterocycles. The monoisotopic (exact) mass is 254 g/mol. The van der Waals surface area contributed by atoms with E-state index in [0.29, 0.717) is 5.69 Å². The fourth-order valence-corrected chi connectivity index (χ4v) is 2.19. The second kappa shape index (κ2) is 7.17. The van der Waals surface area contributed by atoms with Crippen LogP contribution in [-0.2, 0) is 5.75 Å². The largest absolute Gasteiger partial charge is 0.379 e. The molecule has 1 aromatic rings.